The number of fused-ring (bicyclic) bond motifs is 1. The number of rotatable bonds is 14. The first kappa shape index (κ1) is 42.7. The topological polar surface area (TPSA) is 174 Å². The van der Waals surface area contributed by atoms with Crippen molar-refractivity contribution in [3.63, 3.8) is 0 Å². The van der Waals surface area contributed by atoms with E-state index in [-0.39, 0.29) is 43.5 Å². The molecule has 2 aliphatic heterocycles. The van der Waals surface area contributed by atoms with E-state index in [9.17, 15) is 27.9 Å². The minimum Gasteiger partial charge on any atom is -0.755 e. The molecule has 2 unspecified atom stereocenters. The summed E-state index contributed by atoms with van der Waals surface area (Å²) in [6, 6.07) is 5.77. The Morgan fingerprint density at radius 2 is 1.86 bits per heavy atom. The molecule has 59 heavy (non-hydrogen) atoms. The number of benzene rings is 1. The molecule has 3 aromatic rings. The fourth-order valence-electron chi connectivity index (χ4n) is 8.32. The molecule has 6 atom stereocenters. The number of aromatic nitrogens is 2. The van der Waals surface area contributed by atoms with E-state index in [0.717, 1.165) is 29.3 Å². The summed E-state index contributed by atoms with van der Waals surface area (Å²) in [5, 5.41) is 6.34. The molecule has 1 N–H and O–H groups in total. The zero-order chi connectivity index (χ0) is 42.4. The SMILES string of the molecule is C=CC1C[C@]1(NC(=O)[C@@H]1C[C@@H](Oc2cc(-c3nc(C(C)C)cs3)nc3cc(OC)ccc23)CN1C(=O)[C@@H](CC(=O)N1CCCCC1)C(C)(C)C)C(=O)N(C1CC1)S(=O)[O-]. The average molecular weight is 848 g/mol. The predicted molar refractivity (Wildman–Crippen MR) is 224 cm³/mol. The summed E-state index contributed by atoms with van der Waals surface area (Å²) in [6.07, 6.45) is 5.09. The van der Waals surface area contributed by atoms with Gasteiger partial charge in [-0.1, -0.05) is 40.7 Å². The van der Waals surface area contributed by atoms with Crippen LogP contribution in [0.1, 0.15) is 97.6 Å². The normalized spacial score (nSPS) is 24.1. The van der Waals surface area contributed by atoms with Crippen LogP contribution in [0.25, 0.3) is 21.6 Å². The van der Waals surface area contributed by atoms with E-state index in [1.54, 1.807) is 13.2 Å². The second-order valence-electron chi connectivity index (χ2n) is 17.8. The van der Waals surface area contributed by atoms with Crippen LogP contribution in [0.2, 0.25) is 0 Å². The minimum absolute atomic E-state index is 0.0162. The molecule has 14 nitrogen and oxygen atoms in total. The Balaban J connectivity index is 1.23. The monoisotopic (exact) mass is 847 g/mol. The lowest BCUT2D eigenvalue weighted by Crippen LogP contribution is -2.57. The fourth-order valence-corrected chi connectivity index (χ4v) is 10.0. The van der Waals surface area contributed by atoms with Crippen molar-refractivity contribution in [2.75, 3.05) is 26.7 Å². The molecule has 2 aliphatic carbocycles. The maximum absolute atomic E-state index is 14.9. The predicted octanol–water partition coefficient (Wildman–Crippen LogP) is 5.75. The zero-order valence-corrected chi connectivity index (χ0v) is 36.4. The molecular weight excluding hydrogens is 793 g/mol. The van der Waals surface area contributed by atoms with Gasteiger partial charge in [-0.05, 0) is 62.0 Å². The molecular formula is C43H55N6O8S2-. The highest BCUT2D eigenvalue weighted by atomic mass is 32.2. The maximum Gasteiger partial charge on any atom is 0.260 e. The molecule has 318 valence electrons. The van der Waals surface area contributed by atoms with Gasteiger partial charge in [0.15, 0.2) is 0 Å². The second kappa shape index (κ2) is 16.9. The Morgan fingerprint density at radius 3 is 2.46 bits per heavy atom. The van der Waals surface area contributed by atoms with E-state index in [2.05, 4.69) is 25.7 Å². The summed E-state index contributed by atoms with van der Waals surface area (Å²) < 4.78 is 37.7. The van der Waals surface area contributed by atoms with E-state index >= 15 is 0 Å². The number of amides is 4. The van der Waals surface area contributed by atoms with Gasteiger partial charge in [0.25, 0.3) is 5.91 Å². The van der Waals surface area contributed by atoms with E-state index in [4.69, 9.17) is 19.4 Å². The number of piperidine rings is 1. The van der Waals surface area contributed by atoms with Gasteiger partial charge in [-0.3, -0.25) is 27.7 Å². The van der Waals surface area contributed by atoms with Crippen LogP contribution in [0.3, 0.4) is 0 Å². The molecule has 4 heterocycles. The number of hydrogen-bond donors (Lipinski definition) is 1. The van der Waals surface area contributed by atoms with Gasteiger partial charge >= 0.3 is 0 Å². The Kier molecular flexibility index (Phi) is 12.2. The first-order chi connectivity index (χ1) is 28.0. The zero-order valence-electron chi connectivity index (χ0n) is 34.7. The van der Waals surface area contributed by atoms with Gasteiger partial charge in [-0.25, -0.2) is 9.97 Å². The number of nitrogens with one attached hydrogen (secondary N) is 1. The van der Waals surface area contributed by atoms with Crippen LogP contribution in [0.15, 0.2) is 42.3 Å². The van der Waals surface area contributed by atoms with Crippen molar-refractivity contribution >= 4 is 57.1 Å². The number of ether oxygens (including phenoxy) is 2. The van der Waals surface area contributed by atoms with E-state index in [1.165, 1.54) is 16.2 Å². The average Bonchev–Trinajstić information content (AvgIpc) is 4.06. The van der Waals surface area contributed by atoms with Crippen molar-refractivity contribution in [1.29, 1.82) is 0 Å². The van der Waals surface area contributed by atoms with Crippen LogP contribution in [0.4, 0.5) is 0 Å². The van der Waals surface area contributed by atoms with Crippen LogP contribution in [0, 0.1) is 17.3 Å². The summed E-state index contributed by atoms with van der Waals surface area (Å²) in [5.41, 5.74) is -0.00484. The molecule has 2 saturated heterocycles. The van der Waals surface area contributed by atoms with Gasteiger partial charge in [0.05, 0.1) is 42.0 Å². The maximum atomic E-state index is 14.9. The fraction of sp³-hybridized carbons (Fsp3) is 0.581. The molecule has 16 heteroatoms. The molecule has 1 aromatic carbocycles. The second-order valence-corrected chi connectivity index (χ2v) is 19.4. The number of hydrogen-bond acceptors (Lipinski definition) is 11. The Bertz CT molecular complexity index is 2140. The highest BCUT2D eigenvalue weighted by molar-refractivity contribution is 7.77. The van der Waals surface area contributed by atoms with Crippen molar-refractivity contribution in [1.82, 2.24) is 29.4 Å². The van der Waals surface area contributed by atoms with Gasteiger partial charge in [0.1, 0.15) is 39.9 Å². The van der Waals surface area contributed by atoms with Crippen molar-refractivity contribution in [2.24, 2.45) is 17.3 Å². The van der Waals surface area contributed by atoms with Crippen molar-refractivity contribution in [3.05, 3.63) is 48.0 Å². The third-order valence-corrected chi connectivity index (χ3v) is 13.8. The van der Waals surface area contributed by atoms with Crippen LogP contribution in [-0.2, 0) is 30.4 Å². The van der Waals surface area contributed by atoms with E-state index < -0.39 is 64.1 Å². The summed E-state index contributed by atoms with van der Waals surface area (Å²) in [4.78, 5) is 70.3. The molecule has 4 fully saturated rings. The first-order valence-corrected chi connectivity index (χ1v) is 22.5. The molecule has 2 saturated carbocycles. The number of pyridine rings is 1. The summed E-state index contributed by atoms with van der Waals surface area (Å²) in [6.45, 7) is 15.1. The smallest absolute Gasteiger partial charge is 0.260 e. The Morgan fingerprint density at radius 1 is 1.14 bits per heavy atom. The minimum atomic E-state index is -2.83. The lowest BCUT2D eigenvalue weighted by molar-refractivity contribution is -0.149. The summed E-state index contributed by atoms with van der Waals surface area (Å²) in [7, 11) is 1.58. The standard InChI is InChI=1S/C43H56N6O8S2/c1-8-26-22-43(26,41(53)49(59(54)55)27-12-13-27)46-38(51)35-19-29(23-48(35)40(52)31(42(4,5)6)20-37(50)47-16-10-9-11-17-47)57-36-21-33(39-45-34(24-58-39)25(2)3)44-32-18-28(56-7)14-15-30(32)36/h8,14-15,18,21,24-27,29,31,35H,1,9-13,16-17,19-20,22-23H2,2-7H3,(H,46,51)(H,54,55)/p-1/t26?,29-,31-,35+,43-/m1/s1. The largest absolute Gasteiger partial charge is 0.755 e. The summed E-state index contributed by atoms with van der Waals surface area (Å²) in [5.74, 6) is -1.70. The van der Waals surface area contributed by atoms with Gasteiger partial charge in [-0.15, -0.1) is 17.9 Å². The quantitative estimate of drug-likeness (QED) is 0.156. The number of methoxy groups -OCH3 is 1. The Hall–Kier alpha value is -4.41. The van der Waals surface area contributed by atoms with Gasteiger partial charge in [-0.2, -0.15) is 0 Å². The lowest BCUT2D eigenvalue weighted by Gasteiger charge is -2.37. The third-order valence-electron chi connectivity index (χ3n) is 12.2. The van der Waals surface area contributed by atoms with Gasteiger partial charge < -0.3 is 29.1 Å². The molecule has 2 aromatic heterocycles. The lowest BCUT2D eigenvalue weighted by atomic mass is 9.77. The molecule has 0 radical (unpaired) electrons. The molecule has 7 rings (SSSR count). The van der Waals surface area contributed by atoms with Crippen LogP contribution in [0.5, 0.6) is 11.5 Å². The van der Waals surface area contributed by atoms with E-state index in [1.807, 2.05) is 55.3 Å². The van der Waals surface area contributed by atoms with Gasteiger partial charge in [0, 0.05) is 60.8 Å². The molecule has 4 amide bonds. The number of likely N-dealkylation sites (tertiary alicyclic amines) is 2. The van der Waals surface area contributed by atoms with Crippen LogP contribution in [-0.4, -0.2) is 107 Å². The molecule has 4 aliphatic rings. The van der Waals surface area contributed by atoms with E-state index in [0.29, 0.717) is 59.0 Å². The van der Waals surface area contributed by atoms with Gasteiger partial charge in [0.2, 0.25) is 17.7 Å². The number of thiazole rings is 1. The van der Waals surface area contributed by atoms with Crippen molar-refractivity contribution < 1.29 is 37.4 Å². The highest BCUT2D eigenvalue weighted by Crippen LogP contribution is 2.48. The third kappa shape index (κ3) is 8.90. The number of carbonyl (C=O) groups excluding carboxylic acids is 4. The van der Waals surface area contributed by atoms with Crippen LogP contribution >= 0.6 is 11.3 Å². The molecule has 0 bridgehead atoms. The van der Waals surface area contributed by atoms with Crippen molar-refractivity contribution in [2.45, 2.75) is 116 Å². The first-order valence-electron chi connectivity index (χ1n) is 20.6. The molecule has 0 spiro atoms. The van der Waals surface area contributed by atoms with Crippen LogP contribution < -0.4 is 14.8 Å². The van der Waals surface area contributed by atoms with Crippen molar-refractivity contribution in [3.8, 4) is 22.2 Å². The number of carbonyl (C=O) groups is 4. The Labute approximate surface area is 352 Å². The number of nitrogens with zero attached hydrogens (tertiary/aromatic N) is 5. The summed E-state index contributed by atoms with van der Waals surface area (Å²) >= 11 is -1.35. The highest BCUT2D eigenvalue weighted by Gasteiger charge is 2.63.